The molecule has 2 aromatic rings. The molecule has 30 heavy (non-hydrogen) atoms. The van der Waals surface area contributed by atoms with Gasteiger partial charge in [-0.3, -0.25) is 14.0 Å². The minimum Gasteiger partial charge on any atom is -0.350 e. The fraction of sp³-hybridized carbons (Fsp3) is 0.435. The van der Waals surface area contributed by atoms with Crippen molar-refractivity contribution in [2.75, 3.05) is 23.7 Å². The van der Waals surface area contributed by atoms with Gasteiger partial charge in [0.05, 0.1) is 11.9 Å². The van der Waals surface area contributed by atoms with Crippen LogP contribution in [0.25, 0.3) is 0 Å². The Morgan fingerprint density at radius 3 is 2.37 bits per heavy atom. The first-order chi connectivity index (χ1) is 14.3. The van der Waals surface area contributed by atoms with Crippen molar-refractivity contribution in [2.24, 2.45) is 0 Å². The summed E-state index contributed by atoms with van der Waals surface area (Å²) in [6.45, 7) is 5.17. The maximum Gasteiger partial charge on any atom is 0.243 e. The number of sulfonamides is 1. The van der Waals surface area contributed by atoms with Gasteiger partial charge in [0, 0.05) is 13.1 Å². The number of carbonyl (C=O) groups is 1. The van der Waals surface area contributed by atoms with Gasteiger partial charge in [-0.15, -0.1) is 0 Å². The van der Waals surface area contributed by atoms with Gasteiger partial charge in [-0.1, -0.05) is 48.9 Å². The molecule has 0 saturated carbocycles. The van der Waals surface area contributed by atoms with Gasteiger partial charge in [-0.2, -0.15) is 0 Å². The number of amides is 1. The van der Waals surface area contributed by atoms with E-state index in [0.717, 1.165) is 35.8 Å². The van der Waals surface area contributed by atoms with Crippen molar-refractivity contribution in [1.29, 1.82) is 0 Å². The fourth-order valence-corrected chi connectivity index (χ4v) is 5.11. The van der Waals surface area contributed by atoms with Gasteiger partial charge in [0.25, 0.3) is 0 Å². The molecular formula is C23H31N3O3S. The lowest BCUT2D eigenvalue weighted by atomic mass is 10.1. The fourth-order valence-electron chi connectivity index (χ4n) is 3.93. The van der Waals surface area contributed by atoms with Crippen LogP contribution in [0.1, 0.15) is 37.3 Å². The molecule has 0 aliphatic carbocycles. The van der Waals surface area contributed by atoms with Gasteiger partial charge in [0.15, 0.2) is 0 Å². The molecule has 1 aliphatic rings. The number of carbonyl (C=O) groups excluding carboxylic acids is 1. The molecule has 1 amide bonds. The third-order valence-electron chi connectivity index (χ3n) is 5.41. The third kappa shape index (κ3) is 6.06. The summed E-state index contributed by atoms with van der Waals surface area (Å²) in [6, 6.07) is 16.1. The third-order valence-corrected chi connectivity index (χ3v) is 6.65. The highest BCUT2D eigenvalue weighted by atomic mass is 32.2. The first kappa shape index (κ1) is 22.3. The van der Waals surface area contributed by atoms with Crippen LogP contribution < -0.4 is 9.62 Å². The quantitative estimate of drug-likeness (QED) is 0.700. The Hall–Kier alpha value is -2.38. The molecule has 1 aliphatic heterocycles. The van der Waals surface area contributed by atoms with Gasteiger partial charge in [0.1, 0.15) is 6.04 Å². The van der Waals surface area contributed by atoms with Crippen LogP contribution in [0.4, 0.5) is 5.69 Å². The number of nitrogens with one attached hydrogen (secondary N) is 1. The number of likely N-dealkylation sites (tertiary alicyclic amines) is 1. The zero-order chi connectivity index (χ0) is 21.6. The number of anilines is 1. The summed E-state index contributed by atoms with van der Waals surface area (Å²) in [7, 11) is -3.60. The molecule has 0 aromatic heterocycles. The summed E-state index contributed by atoms with van der Waals surface area (Å²) in [5.41, 5.74) is 2.72. The molecule has 1 N–H and O–H groups in total. The van der Waals surface area contributed by atoms with E-state index in [0.29, 0.717) is 12.2 Å². The minimum absolute atomic E-state index is 0.328. The number of nitrogens with zero attached hydrogens (tertiary/aromatic N) is 2. The molecule has 7 heteroatoms. The molecule has 1 fully saturated rings. The van der Waals surface area contributed by atoms with Crippen LogP contribution >= 0.6 is 0 Å². The molecule has 0 radical (unpaired) electrons. The summed E-state index contributed by atoms with van der Waals surface area (Å²) in [5, 5.41) is 2.89. The van der Waals surface area contributed by atoms with Gasteiger partial charge in [-0.05, 0) is 56.1 Å². The summed E-state index contributed by atoms with van der Waals surface area (Å²) >= 11 is 0. The SMILES string of the molecule is C[C@@H](C(=O)NCc1cccc(CN2CCCCC2)c1)N(c1ccccc1)S(C)(=O)=O. The molecular weight excluding hydrogens is 398 g/mol. The number of hydrogen-bond donors (Lipinski definition) is 1. The van der Waals surface area contributed by atoms with E-state index in [1.807, 2.05) is 18.2 Å². The summed E-state index contributed by atoms with van der Waals surface area (Å²) in [4.78, 5) is 15.2. The second-order valence-electron chi connectivity index (χ2n) is 7.94. The predicted molar refractivity (Wildman–Crippen MR) is 121 cm³/mol. The standard InChI is InChI=1S/C23H31N3O3S/c1-19(26(30(2,28)29)22-12-5-3-6-13-22)23(27)24-17-20-10-9-11-21(16-20)18-25-14-7-4-8-15-25/h3,5-6,9-13,16,19H,4,7-8,14-15,17-18H2,1-2H3,(H,24,27)/t19-/m0/s1. The Balaban J connectivity index is 1.63. The van der Waals surface area contributed by atoms with Crippen LogP contribution in [0.5, 0.6) is 0 Å². The first-order valence-corrected chi connectivity index (χ1v) is 12.3. The van der Waals surface area contributed by atoms with Crippen molar-refractivity contribution < 1.29 is 13.2 Å². The Morgan fingerprint density at radius 2 is 1.70 bits per heavy atom. The van der Waals surface area contributed by atoms with Crippen molar-refractivity contribution in [3.63, 3.8) is 0 Å². The molecule has 1 heterocycles. The topological polar surface area (TPSA) is 69.7 Å². The predicted octanol–water partition coefficient (Wildman–Crippen LogP) is 3.14. The first-order valence-electron chi connectivity index (χ1n) is 10.5. The maximum absolute atomic E-state index is 12.8. The van der Waals surface area contributed by atoms with E-state index in [2.05, 4.69) is 22.3 Å². The Kier molecular flexibility index (Phi) is 7.50. The van der Waals surface area contributed by atoms with Crippen molar-refractivity contribution >= 4 is 21.6 Å². The summed E-state index contributed by atoms with van der Waals surface area (Å²) in [5.74, 6) is -0.328. The lowest BCUT2D eigenvalue weighted by molar-refractivity contribution is -0.122. The molecule has 3 rings (SSSR count). The Morgan fingerprint density at radius 1 is 1.03 bits per heavy atom. The average molecular weight is 430 g/mol. The van der Waals surface area contributed by atoms with E-state index < -0.39 is 16.1 Å². The zero-order valence-electron chi connectivity index (χ0n) is 17.8. The highest BCUT2D eigenvalue weighted by Crippen LogP contribution is 2.20. The van der Waals surface area contributed by atoms with Gasteiger partial charge in [-0.25, -0.2) is 8.42 Å². The van der Waals surface area contributed by atoms with E-state index >= 15 is 0 Å². The van der Waals surface area contributed by atoms with E-state index in [9.17, 15) is 13.2 Å². The lowest BCUT2D eigenvalue weighted by Crippen LogP contribution is -2.47. The number of piperidine rings is 1. The molecule has 2 aromatic carbocycles. The highest BCUT2D eigenvalue weighted by molar-refractivity contribution is 7.92. The van der Waals surface area contributed by atoms with Crippen LogP contribution in [0.2, 0.25) is 0 Å². The average Bonchev–Trinajstić information content (AvgIpc) is 2.73. The normalized spacial score (nSPS) is 16.1. The molecule has 0 unspecified atom stereocenters. The van der Waals surface area contributed by atoms with Gasteiger partial charge < -0.3 is 5.32 Å². The second-order valence-corrected chi connectivity index (χ2v) is 9.80. The van der Waals surface area contributed by atoms with Gasteiger partial charge in [0.2, 0.25) is 15.9 Å². The van der Waals surface area contributed by atoms with Crippen LogP contribution in [0.15, 0.2) is 54.6 Å². The Labute approximate surface area is 179 Å². The van der Waals surface area contributed by atoms with Crippen LogP contribution in [-0.2, 0) is 27.9 Å². The molecule has 0 bridgehead atoms. The maximum atomic E-state index is 12.8. The number of rotatable bonds is 8. The van der Waals surface area contributed by atoms with Crippen LogP contribution in [-0.4, -0.2) is 44.6 Å². The second kappa shape index (κ2) is 10.1. The molecule has 6 nitrogen and oxygen atoms in total. The molecule has 0 spiro atoms. The van der Waals surface area contributed by atoms with E-state index in [-0.39, 0.29) is 5.91 Å². The van der Waals surface area contributed by atoms with Crippen molar-refractivity contribution in [1.82, 2.24) is 10.2 Å². The molecule has 162 valence electrons. The van der Waals surface area contributed by atoms with E-state index in [4.69, 9.17) is 0 Å². The van der Waals surface area contributed by atoms with Crippen molar-refractivity contribution in [2.45, 2.75) is 45.3 Å². The molecule has 1 atom stereocenters. The van der Waals surface area contributed by atoms with E-state index in [1.54, 1.807) is 31.2 Å². The zero-order valence-corrected chi connectivity index (χ0v) is 18.6. The van der Waals surface area contributed by atoms with Crippen LogP contribution in [0.3, 0.4) is 0 Å². The largest absolute Gasteiger partial charge is 0.350 e. The van der Waals surface area contributed by atoms with Crippen molar-refractivity contribution in [3.8, 4) is 0 Å². The number of para-hydroxylation sites is 1. The Bertz CT molecular complexity index is 941. The summed E-state index contributed by atoms with van der Waals surface area (Å²) < 4.78 is 25.8. The van der Waals surface area contributed by atoms with Gasteiger partial charge >= 0.3 is 0 Å². The monoisotopic (exact) mass is 429 g/mol. The number of benzene rings is 2. The lowest BCUT2D eigenvalue weighted by Gasteiger charge is -2.28. The van der Waals surface area contributed by atoms with E-state index in [1.165, 1.54) is 24.8 Å². The highest BCUT2D eigenvalue weighted by Gasteiger charge is 2.28. The van der Waals surface area contributed by atoms with Crippen LogP contribution in [0, 0.1) is 0 Å². The minimum atomic E-state index is -3.60. The smallest absolute Gasteiger partial charge is 0.243 e. The molecule has 1 saturated heterocycles. The number of hydrogen-bond acceptors (Lipinski definition) is 4. The van der Waals surface area contributed by atoms with Crippen molar-refractivity contribution in [3.05, 3.63) is 65.7 Å². The summed E-state index contributed by atoms with van der Waals surface area (Å²) in [6.07, 6.45) is 4.94.